The number of benzene rings is 1. The lowest BCUT2D eigenvalue weighted by molar-refractivity contribution is -0.118. The van der Waals surface area contributed by atoms with Crippen LogP contribution in [0.4, 0.5) is 0 Å². The van der Waals surface area contributed by atoms with E-state index in [1.165, 1.54) is 0 Å². The van der Waals surface area contributed by atoms with E-state index in [9.17, 15) is 4.79 Å². The summed E-state index contributed by atoms with van der Waals surface area (Å²) in [6.07, 6.45) is 1.93. The molecule has 1 amide bonds. The molecule has 2 nitrogen and oxygen atoms in total. The molecule has 0 spiro atoms. The fraction of sp³-hybridized carbons (Fsp3) is 0.182. The highest BCUT2D eigenvalue weighted by atomic mass is 35.5. The summed E-state index contributed by atoms with van der Waals surface area (Å²) >= 11 is 5.98. The molecule has 0 aromatic heterocycles. The molecule has 1 aromatic rings. The summed E-state index contributed by atoms with van der Waals surface area (Å²) in [5, 5.41) is 0.638. The number of carbonyl (C=O) groups excluding carboxylic acids is 1. The van der Waals surface area contributed by atoms with Gasteiger partial charge in [-0.1, -0.05) is 35.9 Å². The van der Waals surface area contributed by atoms with Gasteiger partial charge in [-0.3, -0.25) is 4.79 Å². The minimum Gasteiger partial charge on any atom is -0.370 e. The molecular weight excluding hydrogens is 198 g/mol. The second-order valence-corrected chi connectivity index (χ2v) is 3.44. The van der Waals surface area contributed by atoms with Gasteiger partial charge in [0.25, 0.3) is 0 Å². The second kappa shape index (κ2) is 4.82. The Bertz CT molecular complexity index is 349. The molecule has 1 rings (SSSR count). The van der Waals surface area contributed by atoms with E-state index in [4.69, 9.17) is 17.3 Å². The lowest BCUT2D eigenvalue weighted by Gasteiger charge is -2.11. The summed E-state index contributed by atoms with van der Waals surface area (Å²) < 4.78 is 0. The minimum atomic E-state index is -0.352. The molecule has 14 heavy (non-hydrogen) atoms. The van der Waals surface area contributed by atoms with Crippen LogP contribution in [-0.2, 0) is 4.79 Å². The summed E-state index contributed by atoms with van der Waals surface area (Å²) in [5.74, 6) is -0.448. The van der Waals surface area contributed by atoms with Crippen LogP contribution in [0.3, 0.4) is 0 Å². The molecule has 0 heterocycles. The van der Waals surface area contributed by atoms with E-state index in [1.807, 2.05) is 18.2 Å². The summed E-state index contributed by atoms with van der Waals surface area (Å²) in [6, 6.07) is 7.38. The fourth-order valence-electron chi connectivity index (χ4n) is 1.31. The molecule has 0 aliphatic carbocycles. The molecule has 0 aliphatic heterocycles. The van der Waals surface area contributed by atoms with Gasteiger partial charge in [-0.25, -0.2) is 0 Å². The predicted molar refractivity (Wildman–Crippen MR) is 58.2 cm³/mol. The van der Waals surface area contributed by atoms with Crippen LogP contribution in [0.25, 0.3) is 0 Å². The standard InChI is InChI=1S/C11H12ClNO/c1-2-8(7-11(13)14)9-5-3-4-6-10(9)12/h2-6,8H,1,7H2,(H2,13,14)/t8-/m1/s1. The molecule has 0 fully saturated rings. The Kier molecular flexibility index (Phi) is 3.72. The predicted octanol–water partition coefficient (Wildman–Crippen LogP) is 2.49. The number of hydrogen-bond acceptors (Lipinski definition) is 1. The molecule has 0 radical (unpaired) electrons. The maximum absolute atomic E-state index is 10.8. The number of allylic oxidation sites excluding steroid dienone is 1. The smallest absolute Gasteiger partial charge is 0.218 e. The van der Waals surface area contributed by atoms with Gasteiger partial charge in [0.05, 0.1) is 0 Å². The van der Waals surface area contributed by atoms with Gasteiger partial charge in [0.2, 0.25) is 5.91 Å². The topological polar surface area (TPSA) is 43.1 Å². The highest BCUT2D eigenvalue weighted by Crippen LogP contribution is 2.27. The first kappa shape index (κ1) is 10.8. The molecule has 74 valence electrons. The van der Waals surface area contributed by atoms with Crippen LogP contribution in [0.1, 0.15) is 17.9 Å². The SMILES string of the molecule is C=C[C@H](CC(N)=O)c1ccccc1Cl. The van der Waals surface area contributed by atoms with Gasteiger partial charge in [0, 0.05) is 17.4 Å². The number of rotatable bonds is 4. The number of halogens is 1. The van der Waals surface area contributed by atoms with Crippen LogP contribution in [0.2, 0.25) is 5.02 Å². The first-order chi connectivity index (χ1) is 6.65. The molecule has 2 N–H and O–H groups in total. The van der Waals surface area contributed by atoms with Crippen LogP contribution in [0.5, 0.6) is 0 Å². The normalized spacial score (nSPS) is 12.1. The number of carbonyl (C=O) groups is 1. The van der Waals surface area contributed by atoms with Crippen molar-refractivity contribution in [3.05, 3.63) is 47.5 Å². The molecule has 3 heteroatoms. The van der Waals surface area contributed by atoms with Crippen molar-refractivity contribution >= 4 is 17.5 Å². The summed E-state index contributed by atoms with van der Waals surface area (Å²) in [6.45, 7) is 3.67. The second-order valence-electron chi connectivity index (χ2n) is 3.03. The van der Waals surface area contributed by atoms with Gasteiger partial charge in [0.1, 0.15) is 0 Å². The minimum absolute atomic E-state index is 0.0961. The largest absolute Gasteiger partial charge is 0.370 e. The number of nitrogens with two attached hydrogens (primary N) is 1. The molecule has 1 atom stereocenters. The van der Waals surface area contributed by atoms with Gasteiger partial charge < -0.3 is 5.73 Å². The van der Waals surface area contributed by atoms with Crippen molar-refractivity contribution < 1.29 is 4.79 Å². The third-order valence-corrected chi connectivity index (χ3v) is 2.35. The van der Waals surface area contributed by atoms with Crippen molar-refractivity contribution in [2.75, 3.05) is 0 Å². The zero-order valence-corrected chi connectivity index (χ0v) is 8.50. The van der Waals surface area contributed by atoms with Crippen LogP contribution < -0.4 is 5.73 Å². The van der Waals surface area contributed by atoms with E-state index in [1.54, 1.807) is 12.1 Å². The van der Waals surface area contributed by atoms with Crippen LogP contribution in [0.15, 0.2) is 36.9 Å². The van der Waals surface area contributed by atoms with Crippen molar-refractivity contribution in [2.45, 2.75) is 12.3 Å². The third kappa shape index (κ3) is 2.60. The van der Waals surface area contributed by atoms with E-state index >= 15 is 0 Å². The van der Waals surface area contributed by atoms with Crippen molar-refractivity contribution in [1.82, 2.24) is 0 Å². The van der Waals surface area contributed by atoms with Gasteiger partial charge >= 0.3 is 0 Å². The quantitative estimate of drug-likeness (QED) is 0.761. The van der Waals surface area contributed by atoms with E-state index in [0.29, 0.717) is 5.02 Å². The first-order valence-corrected chi connectivity index (χ1v) is 4.68. The van der Waals surface area contributed by atoms with Gasteiger partial charge in [-0.05, 0) is 11.6 Å². The average Bonchev–Trinajstić information content (AvgIpc) is 2.15. The molecule has 1 aromatic carbocycles. The van der Waals surface area contributed by atoms with Crippen LogP contribution in [0, 0.1) is 0 Å². The van der Waals surface area contributed by atoms with Crippen molar-refractivity contribution in [2.24, 2.45) is 5.73 Å². The lowest BCUT2D eigenvalue weighted by Crippen LogP contribution is -2.14. The van der Waals surface area contributed by atoms with E-state index in [2.05, 4.69) is 6.58 Å². The highest BCUT2D eigenvalue weighted by Gasteiger charge is 2.12. The zero-order chi connectivity index (χ0) is 10.6. The number of hydrogen-bond donors (Lipinski definition) is 1. The van der Waals surface area contributed by atoms with Gasteiger partial charge in [0.15, 0.2) is 0 Å². The Morgan fingerprint density at radius 1 is 1.57 bits per heavy atom. The van der Waals surface area contributed by atoms with Crippen molar-refractivity contribution in [3.63, 3.8) is 0 Å². The first-order valence-electron chi connectivity index (χ1n) is 4.30. The van der Waals surface area contributed by atoms with E-state index in [0.717, 1.165) is 5.56 Å². The Morgan fingerprint density at radius 3 is 2.71 bits per heavy atom. The van der Waals surface area contributed by atoms with Gasteiger partial charge in [-0.15, -0.1) is 6.58 Å². The summed E-state index contributed by atoms with van der Waals surface area (Å²) in [5.41, 5.74) is 6.02. The lowest BCUT2D eigenvalue weighted by atomic mass is 9.95. The highest BCUT2D eigenvalue weighted by molar-refractivity contribution is 6.31. The molecule has 0 saturated carbocycles. The van der Waals surface area contributed by atoms with Crippen LogP contribution >= 0.6 is 11.6 Å². The number of primary amides is 1. The molecule has 0 unspecified atom stereocenters. The fourth-order valence-corrected chi connectivity index (χ4v) is 1.59. The molecule has 0 saturated heterocycles. The monoisotopic (exact) mass is 209 g/mol. The van der Waals surface area contributed by atoms with Crippen molar-refractivity contribution in [3.8, 4) is 0 Å². The Labute approximate surface area is 88.4 Å². The molecular formula is C11H12ClNO. The molecule has 0 bridgehead atoms. The molecule has 0 aliphatic rings. The van der Waals surface area contributed by atoms with E-state index < -0.39 is 0 Å². The van der Waals surface area contributed by atoms with Crippen molar-refractivity contribution in [1.29, 1.82) is 0 Å². The average molecular weight is 210 g/mol. The van der Waals surface area contributed by atoms with E-state index in [-0.39, 0.29) is 18.2 Å². The third-order valence-electron chi connectivity index (χ3n) is 2.01. The Morgan fingerprint density at radius 2 is 2.21 bits per heavy atom. The number of amides is 1. The van der Waals surface area contributed by atoms with Gasteiger partial charge in [-0.2, -0.15) is 0 Å². The van der Waals surface area contributed by atoms with Crippen LogP contribution in [-0.4, -0.2) is 5.91 Å². The Balaban J connectivity index is 2.94. The Hall–Kier alpha value is -1.28. The maximum Gasteiger partial charge on any atom is 0.218 e. The summed E-state index contributed by atoms with van der Waals surface area (Å²) in [4.78, 5) is 10.8. The summed E-state index contributed by atoms with van der Waals surface area (Å²) in [7, 11) is 0. The zero-order valence-electron chi connectivity index (χ0n) is 7.74. The maximum atomic E-state index is 10.8.